The lowest BCUT2D eigenvalue weighted by Crippen LogP contribution is -2.56. The number of aliphatic hydroxyl groups excluding tert-OH is 10. The van der Waals surface area contributed by atoms with Crippen molar-refractivity contribution in [1.82, 2.24) is 21.3 Å². The van der Waals surface area contributed by atoms with Crippen molar-refractivity contribution in [1.29, 1.82) is 0 Å². The smallest absolute Gasteiger partial charge is 0.239 e. The summed E-state index contributed by atoms with van der Waals surface area (Å²) in [6, 6.07) is 6.37. The van der Waals surface area contributed by atoms with Crippen LogP contribution in [0, 0.1) is 5.41 Å². The SMILES string of the molecule is C=Cc1c2ccc3c4c5c6c(c7ccc8c9c%10c(c%11cc%12c1c1c2c3c5c2c1c1c%12c%11c9c3c8c7c6c2c31)C%10(C(=O)NC(CO)CO)C(O)NC(CO)CO)C1C4C1(C(=O)NC(CO)CO)C(O)NC(CO)CO. The van der Waals surface area contributed by atoms with Gasteiger partial charge in [-0.15, -0.1) is 0 Å². The second-order valence-corrected chi connectivity index (χ2v) is 22.0. The molecular weight excluding hydrogens is 945 g/mol. The number of nitrogens with one attached hydrogen (secondary N) is 4. The molecular formula is C58H46N4O12. The highest BCUT2D eigenvalue weighted by Gasteiger charge is 2.77. The van der Waals surface area contributed by atoms with Crippen LogP contribution in [0.4, 0.5) is 0 Å². The third kappa shape index (κ3) is 3.99. The number of amides is 2. The first-order valence-corrected chi connectivity index (χ1v) is 25.4. The molecule has 0 saturated heterocycles. The zero-order chi connectivity index (χ0) is 50.4. The van der Waals surface area contributed by atoms with Crippen molar-refractivity contribution >= 4 is 158 Å². The Bertz CT molecular complexity index is 4660. The monoisotopic (exact) mass is 990 g/mol. The first kappa shape index (κ1) is 42.8. The average molecular weight is 991 g/mol. The molecule has 14 N–H and O–H groups in total. The molecule has 14 aromatic carbocycles. The minimum atomic E-state index is -1.83. The maximum absolute atomic E-state index is 15.5. The summed E-state index contributed by atoms with van der Waals surface area (Å²) in [5, 5.41) is 146. The summed E-state index contributed by atoms with van der Waals surface area (Å²) in [7, 11) is 0. The first-order valence-electron chi connectivity index (χ1n) is 25.4. The average Bonchev–Trinajstić information content (AvgIpc) is 3.50. The fraction of sp³-hybridized carbons (Fsp3) is 0.310. The first-order chi connectivity index (χ1) is 36.0. The predicted octanol–water partition coefficient (Wildman–Crippen LogP) is 2.38. The van der Waals surface area contributed by atoms with Gasteiger partial charge in [0.05, 0.1) is 77.0 Å². The van der Waals surface area contributed by atoms with Gasteiger partial charge in [0, 0.05) is 11.8 Å². The molecule has 3 aliphatic rings. The van der Waals surface area contributed by atoms with Gasteiger partial charge < -0.3 is 61.7 Å². The van der Waals surface area contributed by atoms with Gasteiger partial charge >= 0.3 is 0 Å². The number of aliphatic hydroxyl groups is 10. The molecule has 2 amide bonds. The molecule has 1 saturated carbocycles. The van der Waals surface area contributed by atoms with Crippen molar-refractivity contribution in [3.05, 3.63) is 64.7 Å². The van der Waals surface area contributed by atoms with E-state index in [2.05, 4.69) is 52.1 Å². The summed E-state index contributed by atoms with van der Waals surface area (Å²) in [4.78, 5) is 30.8. The summed E-state index contributed by atoms with van der Waals surface area (Å²) >= 11 is 0. The summed E-state index contributed by atoms with van der Waals surface area (Å²) < 4.78 is 0. The summed E-state index contributed by atoms with van der Waals surface area (Å²) in [6.45, 7) is -0.0250. The lowest BCUT2D eigenvalue weighted by molar-refractivity contribution is -0.134. The van der Waals surface area contributed by atoms with Crippen LogP contribution in [0.1, 0.15) is 39.7 Å². The van der Waals surface area contributed by atoms with E-state index in [1.807, 2.05) is 12.1 Å². The zero-order valence-corrected chi connectivity index (χ0v) is 39.2. The van der Waals surface area contributed by atoms with Gasteiger partial charge in [-0.05, 0) is 174 Å². The van der Waals surface area contributed by atoms with Gasteiger partial charge in [-0.1, -0.05) is 36.9 Å². The van der Waals surface area contributed by atoms with E-state index in [4.69, 9.17) is 0 Å². The molecule has 17 rings (SSSR count). The topological polar surface area (TPSA) is 285 Å². The summed E-state index contributed by atoms with van der Waals surface area (Å²) in [5.74, 6) is -2.61. The minimum absolute atomic E-state index is 0.532. The van der Waals surface area contributed by atoms with Gasteiger partial charge in [0.25, 0.3) is 0 Å². The van der Waals surface area contributed by atoms with Gasteiger partial charge in [-0.3, -0.25) is 20.2 Å². The van der Waals surface area contributed by atoms with Gasteiger partial charge in [0.2, 0.25) is 11.8 Å². The number of rotatable bonds is 19. The van der Waals surface area contributed by atoms with Crippen molar-refractivity contribution < 1.29 is 60.7 Å². The molecule has 1 fully saturated rings. The highest BCUT2D eigenvalue weighted by molar-refractivity contribution is 6.68. The molecule has 0 spiro atoms. The van der Waals surface area contributed by atoms with E-state index < -0.39 is 124 Å². The van der Waals surface area contributed by atoms with Gasteiger partial charge in [0.1, 0.15) is 23.3 Å². The third-order valence-corrected chi connectivity index (χ3v) is 19.4. The fourth-order valence-corrected chi connectivity index (χ4v) is 16.7. The van der Waals surface area contributed by atoms with Crippen LogP contribution in [0.15, 0.2) is 36.9 Å². The Labute approximate surface area is 415 Å². The van der Waals surface area contributed by atoms with E-state index in [0.717, 1.165) is 157 Å². The Morgan fingerprint density at radius 2 is 0.838 bits per heavy atom. The molecule has 6 unspecified atom stereocenters. The van der Waals surface area contributed by atoms with Crippen LogP contribution in [-0.2, 0) is 15.0 Å². The number of carbonyl (C=O) groups excluding carboxylic acids is 2. The quantitative estimate of drug-likeness (QED) is 0.0410. The molecule has 0 radical (unpaired) electrons. The number of hydrogen-bond donors (Lipinski definition) is 14. The van der Waals surface area contributed by atoms with Crippen LogP contribution in [-0.4, -0.2) is 152 Å². The van der Waals surface area contributed by atoms with E-state index in [1.54, 1.807) is 0 Å². The normalized spacial score (nSPS) is 22.0. The van der Waals surface area contributed by atoms with Crippen LogP contribution in [0.3, 0.4) is 0 Å². The number of hydrogen-bond acceptors (Lipinski definition) is 14. The number of benzene rings is 8. The van der Waals surface area contributed by atoms with E-state index >= 15 is 9.59 Å². The second-order valence-electron chi connectivity index (χ2n) is 22.0. The molecule has 16 heteroatoms. The van der Waals surface area contributed by atoms with Crippen molar-refractivity contribution in [2.24, 2.45) is 5.41 Å². The van der Waals surface area contributed by atoms with Crippen LogP contribution in [0.5, 0.6) is 0 Å². The van der Waals surface area contributed by atoms with Crippen LogP contribution >= 0.6 is 0 Å². The molecule has 0 aromatic heterocycles. The molecule has 0 aliphatic heterocycles. The number of carbonyl (C=O) groups is 2. The second kappa shape index (κ2) is 13.3. The maximum Gasteiger partial charge on any atom is 0.239 e. The minimum Gasteiger partial charge on any atom is -0.395 e. The summed E-state index contributed by atoms with van der Waals surface area (Å²) in [6.07, 6.45) is -1.43. The highest BCUT2D eigenvalue weighted by Crippen LogP contribution is 2.80. The van der Waals surface area contributed by atoms with E-state index in [9.17, 15) is 51.1 Å². The molecule has 14 aromatic rings. The van der Waals surface area contributed by atoms with Crippen LogP contribution in [0.25, 0.3) is 146 Å². The molecule has 74 heavy (non-hydrogen) atoms. The predicted molar refractivity (Wildman–Crippen MR) is 282 cm³/mol. The lowest BCUT2D eigenvalue weighted by atomic mass is 9.88. The molecule has 0 bridgehead atoms. The number of fused-ring (bicyclic) bond motifs is 10. The highest BCUT2D eigenvalue weighted by atomic mass is 16.3. The molecule has 0 heterocycles. The third-order valence-electron chi connectivity index (χ3n) is 19.4. The van der Waals surface area contributed by atoms with Gasteiger partial charge in [-0.25, -0.2) is 0 Å². The molecule has 3 aliphatic carbocycles. The van der Waals surface area contributed by atoms with Crippen molar-refractivity contribution in [3.63, 3.8) is 0 Å². The Morgan fingerprint density at radius 3 is 1.36 bits per heavy atom. The maximum atomic E-state index is 15.5. The summed E-state index contributed by atoms with van der Waals surface area (Å²) in [5.41, 5.74) is 0.314. The Hall–Kier alpha value is -6.48. The van der Waals surface area contributed by atoms with Crippen molar-refractivity contribution in [3.8, 4) is 0 Å². The van der Waals surface area contributed by atoms with Crippen LogP contribution < -0.4 is 21.3 Å². The van der Waals surface area contributed by atoms with Crippen LogP contribution in [0.2, 0.25) is 0 Å². The Morgan fingerprint density at radius 1 is 0.446 bits per heavy atom. The molecule has 370 valence electrons. The van der Waals surface area contributed by atoms with E-state index in [0.29, 0.717) is 11.1 Å². The van der Waals surface area contributed by atoms with Gasteiger partial charge in [-0.2, -0.15) is 0 Å². The standard InChI is InChI=1S/C58H46N4O12/c1-2-20-21-3-4-22-29-28(21)37-27(20)25-7-26-33-32(25)42-45(37)47-40(29)43-35(22)51-52(58(51,55(73)61-18(12-67)13-68)56(74)62-19(14-69)15-70)36-24-6-5-23-30-31(24)41(44(36)43)48(47)46(42)39(30)38(33)34(23)50-49(26)57(50,53(71)59-16(8-63)9-64)54(72)60-17(10-65)11-66/h2-7,16-19,51-53,55,59,61,63-71,73H,1,8-15H2,(H,60,72)(H,62,74). The zero-order valence-electron chi connectivity index (χ0n) is 39.2. The van der Waals surface area contributed by atoms with Crippen molar-refractivity contribution in [2.45, 2.75) is 53.9 Å². The molecule has 6 atom stereocenters. The van der Waals surface area contributed by atoms with E-state index in [-0.39, 0.29) is 0 Å². The van der Waals surface area contributed by atoms with E-state index in [1.165, 1.54) is 0 Å². The van der Waals surface area contributed by atoms with Crippen molar-refractivity contribution in [2.75, 3.05) is 52.9 Å². The van der Waals surface area contributed by atoms with Gasteiger partial charge in [0.15, 0.2) is 0 Å². The Kier molecular flexibility index (Phi) is 7.70. The largest absolute Gasteiger partial charge is 0.395 e. The fourth-order valence-electron chi connectivity index (χ4n) is 16.7. The lowest BCUT2D eigenvalue weighted by Gasteiger charge is -2.29. The molecule has 16 nitrogen and oxygen atoms in total. The Balaban J connectivity index is 1.10.